The van der Waals surface area contributed by atoms with Crippen molar-refractivity contribution in [2.75, 3.05) is 20.2 Å². The second-order valence-electron chi connectivity index (χ2n) is 9.40. The van der Waals surface area contributed by atoms with Crippen LogP contribution in [0.3, 0.4) is 0 Å². The molecule has 0 aromatic heterocycles. The van der Waals surface area contributed by atoms with Gasteiger partial charge >= 0.3 is 18.2 Å². The molecule has 3 amide bonds. The molecule has 2 atom stereocenters. The number of likely N-dealkylation sites (tertiary alicyclic amines) is 1. The molecule has 1 aliphatic heterocycles. The van der Waals surface area contributed by atoms with Crippen LogP contribution in [0.5, 0.6) is 0 Å². The van der Waals surface area contributed by atoms with E-state index in [9.17, 15) is 19.2 Å². The molecule has 0 radical (unpaired) electrons. The quantitative estimate of drug-likeness (QED) is 0.293. The van der Waals surface area contributed by atoms with Gasteiger partial charge < -0.3 is 24.8 Å². The van der Waals surface area contributed by atoms with Gasteiger partial charge in [-0.2, -0.15) is 0 Å². The lowest BCUT2D eigenvalue weighted by Crippen LogP contribution is -2.51. The molecule has 2 N–H and O–H groups in total. The molecule has 10 nitrogen and oxygen atoms in total. The average Bonchev–Trinajstić information content (AvgIpc) is 3.31. The van der Waals surface area contributed by atoms with E-state index in [1.54, 1.807) is 20.8 Å². The molecule has 1 heterocycles. The number of nitrogens with one attached hydrogen (secondary N) is 2. The minimum atomic E-state index is -0.849. The third-order valence-corrected chi connectivity index (χ3v) is 5.39. The van der Waals surface area contributed by atoms with Crippen molar-refractivity contribution in [3.63, 3.8) is 0 Å². The molecule has 1 fully saturated rings. The third kappa shape index (κ3) is 9.84. The van der Waals surface area contributed by atoms with E-state index in [1.165, 1.54) is 12.0 Å². The minimum absolute atomic E-state index is 0.185. The van der Waals surface area contributed by atoms with E-state index >= 15 is 0 Å². The molecule has 0 aliphatic carbocycles. The molecule has 0 bridgehead atoms. The van der Waals surface area contributed by atoms with Crippen LogP contribution in [-0.2, 0) is 30.4 Å². The van der Waals surface area contributed by atoms with Crippen LogP contribution in [0.4, 0.5) is 9.59 Å². The van der Waals surface area contributed by atoms with Crippen LogP contribution < -0.4 is 10.6 Å². The van der Waals surface area contributed by atoms with E-state index in [1.807, 2.05) is 30.3 Å². The maximum Gasteiger partial charge on any atom is 0.410 e. The van der Waals surface area contributed by atoms with Gasteiger partial charge in [0, 0.05) is 13.1 Å². The summed E-state index contributed by atoms with van der Waals surface area (Å²) in [5.41, 5.74) is 0.226. The molecule has 1 aromatic rings. The molecule has 1 aliphatic rings. The largest absolute Gasteiger partial charge is 0.467 e. The van der Waals surface area contributed by atoms with Crippen LogP contribution in [0.1, 0.15) is 58.4 Å². The summed E-state index contributed by atoms with van der Waals surface area (Å²) in [6.07, 6.45) is 1.57. The van der Waals surface area contributed by atoms with Gasteiger partial charge in [0.25, 0.3) is 0 Å². The summed E-state index contributed by atoms with van der Waals surface area (Å²) in [5, 5.41) is 5.39. The molecular formula is C25H37N3O7. The molecular weight excluding hydrogens is 454 g/mol. The number of carbonyl (C=O) groups excluding carboxylic acids is 4. The van der Waals surface area contributed by atoms with E-state index in [0.717, 1.165) is 5.56 Å². The Morgan fingerprint density at radius 2 is 1.83 bits per heavy atom. The summed E-state index contributed by atoms with van der Waals surface area (Å²) in [6.45, 7) is 6.26. The van der Waals surface area contributed by atoms with Gasteiger partial charge in [-0.1, -0.05) is 30.3 Å². The second-order valence-corrected chi connectivity index (χ2v) is 9.40. The van der Waals surface area contributed by atoms with Crippen molar-refractivity contribution in [2.24, 2.45) is 0 Å². The lowest BCUT2D eigenvalue weighted by molar-refractivity contribution is -0.145. The Bertz CT molecular complexity index is 854. The fourth-order valence-electron chi connectivity index (χ4n) is 3.68. The van der Waals surface area contributed by atoms with Crippen molar-refractivity contribution in [3.05, 3.63) is 35.9 Å². The number of benzene rings is 1. The second kappa shape index (κ2) is 13.6. The van der Waals surface area contributed by atoms with Crippen molar-refractivity contribution in [3.8, 4) is 0 Å². The Balaban J connectivity index is 1.76. The SMILES string of the molecule is COC(=O)[C@H](CCCCNC(=O)OCc1ccccc1)NC(=O)[C@@H]1CCCN1C(=O)OC(C)(C)C. The van der Waals surface area contributed by atoms with Gasteiger partial charge in [-0.05, 0) is 58.4 Å². The number of hydrogen-bond donors (Lipinski definition) is 2. The smallest absolute Gasteiger partial charge is 0.410 e. The topological polar surface area (TPSA) is 123 Å². The number of hydrogen-bond acceptors (Lipinski definition) is 7. The first-order valence-electron chi connectivity index (χ1n) is 11.9. The molecule has 35 heavy (non-hydrogen) atoms. The van der Waals surface area contributed by atoms with E-state index < -0.39 is 41.7 Å². The zero-order chi connectivity index (χ0) is 25.8. The Morgan fingerprint density at radius 1 is 1.11 bits per heavy atom. The van der Waals surface area contributed by atoms with Crippen molar-refractivity contribution in [2.45, 2.75) is 77.2 Å². The highest BCUT2D eigenvalue weighted by molar-refractivity contribution is 5.90. The van der Waals surface area contributed by atoms with E-state index in [-0.39, 0.29) is 6.61 Å². The highest BCUT2D eigenvalue weighted by Gasteiger charge is 2.38. The van der Waals surface area contributed by atoms with E-state index in [2.05, 4.69) is 10.6 Å². The summed E-state index contributed by atoms with van der Waals surface area (Å²) < 4.78 is 15.4. The number of amides is 3. The normalized spacial score (nSPS) is 16.2. The van der Waals surface area contributed by atoms with Crippen molar-refractivity contribution >= 4 is 24.1 Å². The predicted octanol–water partition coefficient (Wildman–Crippen LogP) is 3.14. The summed E-state index contributed by atoms with van der Waals surface area (Å²) >= 11 is 0. The van der Waals surface area contributed by atoms with Crippen molar-refractivity contribution in [1.29, 1.82) is 0 Å². The fraction of sp³-hybridized carbons (Fsp3) is 0.600. The van der Waals surface area contributed by atoms with Crippen LogP contribution in [0.2, 0.25) is 0 Å². The highest BCUT2D eigenvalue weighted by Crippen LogP contribution is 2.21. The van der Waals surface area contributed by atoms with E-state index in [0.29, 0.717) is 45.2 Å². The standard InChI is InChI=1S/C25H37N3O7/c1-25(2,3)35-24(32)28-16-10-14-20(28)21(29)27-19(22(30)33-4)13-8-9-15-26-23(31)34-17-18-11-6-5-7-12-18/h5-7,11-12,19-20H,8-10,13-17H2,1-4H3,(H,26,31)(H,27,29)/t19-,20-/m0/s1. The van der Waals surface area contributed by atoms with Gasteiger partial charge in [0.05, 0.1) is 7.11 Å². The molecule has 0 unspecified atom stereocenters. The number of nitrogens with zero attached hydrogens (tertiary/aromatic N) is 1. The molecule has 194 valence electrons. The summed E-state index contributed by atoms with van der Waals surface area (Å²) in [4.78, 5) is 50.8. The van der Waals surface area contributed by atoms with Crippen LogP contribution >= 0.6 is 0 Å². The first-order chi connectivity index (χ1) is 16.6. The van der Waals surface area contributed by atoms with Crippen LogP contribution in [0.15, 0.2) is 30.3 Å². The maximum absolute atomic E-state index is 12.9. The van der Waals surface area contributed by atoms with Gasteiger partial charge in [0.2, 0.25) is 5.91 Å². The lowest BCUT2D eigenvalue weighted by atomic mass is 10.1. The van der Waals surface area contributed by atoms with Gasteiger partial charge in [-0.15, -0.1) is 0 Å². The summed E-state index contributed by atoms with van der Waals surface area (Å²) in [6, 6.07) is 7.82. The predicted molar refractivity (Wildman–Crippen MR) is 128 cm³/mol. The van der Waals surface area contributed by atoms with Crippen molar-refractivity contribution in [1.82, 2.24) is 15.5 Å². The maximum atomic E-state index is 12.9. The monoisotopic (exact) mass is 491 g/mol. The van der Waals surface area contributed by atoms with Gasteiger partial charge in [-0.3, -0.25) is 9.69 Å². The third-order valence-electron chi connectivity index (χ3n) is 5.39. The number of ether oxygens (including phenoxy) is 3. The zero-order valence-electron chi connectivity index (χ0n) is 21.0. The Kier molecular flexibility index (Phi) is 10.8. The van der Waals surface area contributed by atoms with Gasteiger partial charge in [0.1, 0.15) is 24.3 Å². The Hall–Kier alpha value is -3.30. The van der Waals surface area contributed by atoms with E-state index in [4.69, 9.17) is 14.2 Å². The number of methoxy groups -OCH3 is 1. The average molecular weight is 492 g/mol. The number of unbranched alkanes of at least 4 members (excludes halogenated alkanes) is 1. The number of alkyl carbamates (subject to hydrolysis) is 1. The minimum Gasteiger partial charge on any atom is -0.467 e. The van der Waals surface area contributed by atoms with Crippen LogP contribution in [-0.4, -0.2) is 66.8 Å². The van der Waals surface area contributed by atoms with Gasteiger partial charge in [0.15, 0.2) is 0 Å². The highest BCUT2D eigenvalue weighted by atomic mass is 16.6. The molecule has 1 aromatic carbocycles. The molecule has 0 spiro atoms. The van der Waals surface area contributed by atoms with Crippen molar-refractivity contribution < 1.29 is 33.4 Å². The first-order valence-corrected chi connectivity index (χ1v) is 11.9. The Morgan fingerprint density at radius 3 is 2.49 bits per heavy atom. The number of carbonyl (C=O) groups is 4. The molecule has 0 saturated carbocycles. The summed E-state index contributed by atoms with van der Waals surface area (Å²) in [7, 11) is 1.26. The van der Waals surface area contributed by atoms with Crippen LogP contribution in [0, 0.1) is 0 Å². The number of rotatable bonds is 10. The Labute approximate surface area is 206 Å². The molecule has 1 saturated heterocycles. The zero-order valence-corrected chi connectivity index (χ0v) is 21.0. The fourth-order valence-corrected chi connectivity index (χ4v) is 3.68. The lowest BCUT2D eigenvalue weighted by Gasteiger charge is -2.28. The van der Waals surface area contributed by atoms with Gasteiger partial charge in [-0.25, -0.2) is 14.4 Å². The first kappa shape index (κ1) is 27.9. The molecule has 10 heteroatoms. The van der Waals surface area contributed by atoms with Crippen LogP contribution in [0.25, 0.3) is 0 Å². The number of esters is 1. The summed E-state index contributed by atoms with van der Waals surface area (Å²) in [5.74, 6) is -0.971. The molecule has 2 rings (SSSR count).